The Balaban J connectivity index is 2.39. The molecule has 0 aromatic heterocycles. The van der Waals surface area contributed by atoms with Crippen LogP contribution in [-0.4, -0.2) is 5.78 Å². The average Bonchev–Trinajstić information content (AvgIpc) is 2.39. The van der Waals surface area contributed by atoms with Crippen LogP contribution in [0.5, 0.6) is 0 Å². The minimum atomic E-state index is 0.163. The van der Waals surface area contributed by atoms with E-state index in [2.05, 4.69) is 26.0 Å². The zero-order chi connectivity index (χ0) is 12.3. The van der Waals surface area contributed by atoms with E-state index in [0.29, 0.717) is 0 Å². The van der Waals surface area contributed by atoms with Crippen LogP contribution < -0.4 is 0 Å². The summed E-state index contributed by atoms with van der Waals surface area (Å²) < 4.78 is 0. The SMILES string of the molecule is CCC(CC)C(=O)c1ccc2ccccc2c1. The third-order valence-electron chi connectivity index (χ3n) is 3.39. The van der Waals surface area contributed by atoms with Gasteiger partial charge in [-0.15, -0.1) is 0 Å². The van der Waals surface area contributed by atoms with Gasteiger partial charge in [0.15, 0.2) is 5.78 Å². The van der Waals surface area contributed by atoms with E-state index in [1.165, 1.54) is 5.39 Å². The van der Waals surface area contributed by atoms with E-state index in [1.54, 1.807) is 0 Å². The summed E-state index contributed by atoms with van der Waals surface area (Å²) in [7, 11) is 0. The number of fused-ring (bicyclic) bond motifs is 1. The Bertz CT molecular complexity index is 524. The molecule has 0 aliphatic rings. The molecule has 0 amide bonds. The third kappa shape index (κ3) is 2.38. The standard InChI is InChI=1S/C16H18O/c1-3-12(4-2)16(17)15-10-9-13-7-5-6-8-14(13)11-15/h5-12H,3-4H2,1-2H3. The Morgan fingerprint density at radius 1 is 1.00 bits per heavy atom. The summed E-state index contributed by atoms with van der Waals surface area (Å²) in [6, 6.07) is 14.1. The first-order chi connectivity index (χ1) is 8.26. The van der Waals surface area contributed by atoms with Gasteiger partial charge in [-0.05, 0) is 29.7 Å². The lowest BCUT2D eigenvalue weighted by atomic mass is 9.92. The molecule has 0 fully saturated rings. The van der Waals surface area contributed by atoms with Gasteiger partial charge in [-0.2, -0.15) is 0 Å². The van der Waals surface area contributed by atoms with E-state index < -0.39 is 0 Å². The fourth-order valence-electron chi connectivity index (χ4n) is 2.24. The highest BCUT2D eigenvalue weighted by atomic mass is 16.1. The lowest BCUT2D eigenvalue weighted by molar-refractivity contribution is 0.0913. The summed E-state index contributed by atoms with van der Waals surface area (Å²) in [5.41, 5.74) is 0.845. The maximum absolute atomic E-state index is 12.3. The molecule has 0 radical (unpaired) electrons. The van der Waals surface area contributed by atoms with Crippen molar-refractivity contribution >= 4 is 16.6 Å². The summed E-state index contributed by atoms with van der Waals surface area (Å²) in [5.74, 6) is 0.442. The van der Waals surface area contributed by atoms with Crippen LogP contribution in [0.3, 0.4) is 0 Å². The minimum absolute atomic E-state index is 0.163. The van der Waals surface area contributed by atoms with Crippen LogP contribution in [0.15, 0.2) is 42.5 Å². The Kier molecular flexibility index (Phi) is 3.58. The number of ketones is 1. The highest BCUT2D eigenvalue weighted by Crippen LogP contribution is 2.20. The van der Waals surface area contributed by atoms with Gasteiger partial charge in [-0.25, -0.2) is 0 Å². The Labute approximate surface area is 102 Å². The molecule has 17 heavy (non-hydrogen) atoms. The molecule has 0 saturated carbocycles. The molecular formula is C16H18O. The van der Waals surface area contributed by atoms with Gasteiger partial charge in [-0.1, -0.05) is 50.2 Å². The smallest absolute Gasteiger partial charge is 0.165 e. The lowest BCUT2D eigenvalue weighted by Crippen LogP contribution is -2.12. The third-order valence-corrected chi connectivity index (χ3v) is 3.39. The summed E-state index contributed by atoms with van der Waals surface area (Å²) in [4.78, 5) is 12.3. The summed E-state index contributed by atoms with van der Waals surface area (Å²) >= 11 is 0. The van der Waals surface area contributed by atoms with Gasteiger partial charge in [0.2, 0.25) is 0 Å². The van der Waals surface area contributed by atoms with Crippen molar-refractivity contribution in [3.63, 3.8) is 0 Å². The molecular weight excluding hydrogens is 208 g/mol. The molecule has 1 heteroatoms. The lowest BCUT2D eigenvalue weighted by Gasteiger charge is -2.11. The van der Waals surface area contributed by atoms with E-state index >= 15 is 0 Å². The van der Waals surface area contributed by atoms with Gasteiger partial charge < -0.3 is 0 Å². The highest BCUT2D eigenvalue weighted by Gasteiger charge is 2.16. The van der Waals surface area contributed by atoms with Crippen LogP contribution >= 0.6 is 0 Å². The van der Waals surface area contributed by atoms with Gasteiger partial charge >= 0.3 is 0 Å². The maximum atomic E-state index is 12.3. The van der Waals surface area contributed by atoms with Crippen molar-refractivity contribution < 1.29 is 4.79 Å². The number of carbonyl (C=O) groups excluding carboxylic acids is 1. The molecule has 0 N–H and O–H groups in total. The fourth-order valence-corrected chi connectivity index (χ4v) is 2.24. The second-order valence-corrected chi connectivity index (χ2v) is 4.44. The summed E-state index contributed by atoms with van der Waals surface area (Å²) in [6.07, 6.45) is 1.84. The predicted molar refractivity (Wildman–Crippen MR) is 72.4 cm³/mol. The molecule has 0 spiro atoms. The van der Waals surface area contributed by atoms with Crippen molar-refractivity contribution in [1.29, 1.82) is 0 Å². The zero-order valence-electron chi connectivity index (χ0n) is 10.4. The van der Waals surface area contributed by atoms with Crippen molar-refractivity contribution in [3.05, 3.63) is 48.0 Å². The zero-order valence-corrected chi connectivity index (χ0v) is 10.4. The second kappa shape index (κ2) is 5.13. The first kappa shape index (κ1) is 11.8. The van der Waals surface area contributed by atoms with Crippen LogP contribution in [0.25, 0.3) is 10.8 Å². The molecule has 0 atom stereocenters. The van der Waals surface area contributed by atoms with Gasteiger partial charge in [0.1, 0.15) is 0 Å². The van der Waals surface area contributed by atoms with Crippen molar-refractivity contribution in [2.45, 2.75) is 26.7 Å². The Morgan fingerprint density at radius 3 is 2.29 bits per heavy atom. The van der Waals surface area contributed by atoms with Gasteiger partial charge in [0.05, 0.1) is 0 Å². The Morgan fingerprint density at radius 2 is 1.65 bits per heavy atom. The summed E-state index contributed by atoms with van der Waals surface area (Å²) in [5, 5.41) is 2.33. The monoisotopic (exact) mass is 226 g/mol. The van der Waals surface area contributed by atoms with Crippen LogP contribution in [0.4, 0.5) is 0 Å². The summed E-state index contributed by atoms with van der Waals surface area (Å²) in [6.45, 7) is 4.15. The van der Waals surface area contributed by atoms with Gasteiger partial charge in [-0.3, -0.25) is 4.79 Å². The van der Waals surface area contributed by atoms with Crippen molar-refractivity contribution in [1.82, 2.24) is 0 Å². The maximum Gasteiger partial charge on any atom is 0.165 e. The quantitative estimate of drug-likeness (QED) is 0.703. The first-order valence-corrected chi connectivity index (χ1v) is 6.29. The van der Waals surface area contributed by atoms with Crippen LogP contribution in [0.1, 0.15) is 37.0 Å². The Hall–Kier alpha value is -1.63. The number of benzene rings is 2. The van der Waals surface area contributed by atoms with Crippen molar-refractivity contribution in [2.75, 3.05) is 0 Å². The van der Waals surface area contributed by atoms with E-state index in [1.807, 2.05) is 30.3 Å². The van der Waals surface area contributed by atoms with E-state index in [9.17, 15) is 4.79 Å². The van der Waals surface area contributed by atoms with Crippen LogP contribution in [0.2, 0.25) is 0 Å². The largest absolute Gasteiger partial charge is 0.294 e. The predicted octanol–water partition coefficient (Wildman–Crippen LogP) is 4.46. The molecule has 0 saturated heterocycles. The molecule has 0 unspecified atom stereocenters. The molecule has 88 valence electrons. The van der Waals surface area contributed by atoms with E-state index in [4.69, 9.17) is 0 Å². The highest BCUT2D eigenvalue weighted by molar-refractivity contribution is 6.01. The number of carbonyl (C=O) groups is 1. The van der Waals surface area contributed by atoms with Crippen molar-refractivity contribution in [3.8, 4) is 0 Å². The number of Topliss-reactive ketones (excluding diaryl/α,β-unsaturated/α-hetero) is 1. The minimum Gasteiger partial charge on any atom is -0.294 e. The van der Waals surface area contributed by atoms with E-state index in [0.717, 1.165) is 23.8 Å². The fraction of sp³-hybridized carbons (Fsp3) is 0.312. The van der Waals surface area contributed by atoms with Crippen LogP contribution in [-0.2, 0) is 0 Å². The molecule has 2 rings (SSSR count). The molecule has 2 aromatic rings. The molecule has 1 nitrogen and oxygen atoms in total. The van der Waals surface area contributed by atoms with Gasteiger partial charge in [0, 0.05) is 11.5 Å². The molecule has 0 aliphatic carbocycles. The first-order valence-electron chi connectivity index (χ1n) is 6.29. The molecule has 2 aromatic carbocycles. The van der Waals surface area contributed by atoms with Crippen molar-refractivity contribution in [2.24, 2.45) is 5.92 Å². The normalized spacial score (nSPS) is 11.0. The number of rotatable bonds is 4. The van der Waals surface area contributed by atoms with Gasteiger partial charge in [0.25, 0.3) is 0 Å². The second-order valence-electron chi connectivity index (χ2n) is 4.44. The average molecular weight is 226 g/mol. The molecule has 0 bridgehead atoms. The van der Waals surface area contributed by atoms with Crippen LogP contribution in [0, 0.1) is 5.92 Å². The number of hydrogen-bond acceptors (Lipinski definition) is 1. The topological polar surface area (TPSA) is 17.1 Å². The van der Waals surface area contributed by atoms with E-state index in [-0.39, 0.29) is 11.7 Å². The molecule has 0 aliphatic heterocycles. The molecule has 0 heterocycles. The number of hydrogen-bond donors (Lipinski definition) is 0.